The fraction of sp³-hybridized carbons (Fsp3) is 0.750. The maximum atomic E-state index is 3.50. The van der Waals surface area contributed by atoms with Crippen LogP contribution in [-0.2, 0) is 26.2 Å². The molecule has 1 aliphatic carbocycles. The summed E-state index contributed by atoms with van der Waals surface area (Å²) in [5, 5.41) is 10.5. The molecule has 0 amide bonds. The molecule has 0 aliphatic heterocycles. The topological polar surface area (TPSA) is 42.3 Å². The minimum atomic E-state index is 0. The first kappa shape index (κ1) is 28.4. The van der Waals surface area contributed by atoms with E-state index in [1.165, 1.54) is 5.57 Å². The van der Waals surface area contributed by atoms with Crippen LogP contribution >= 0.6 is 0 Å². The van der Waals surface area contributed by atoms with E-state index in [0.717, 1.165) is 12.8 Å². The maximum absolute atomic E-state index is 3.50. The molecule has 0 spiro atoms. The number of nitrogens with zero attached hydrogens (tertiary/aromatic N) is 3. The van der Waals surface area contributed by atoms with Gasteiger partial charge in [0.1, 0.15) is 0 Å². The van der Waals surface area contributed by atoms with Gasteiger partial charge in [-0.3, -0.25) is 6.08 Å². The minimum Gasteiger partial charge on any atom is -0.668 e. The second-order valence-electron chi connectivity index (χ2n) is 5.39. The smallest absolute Gasteiger partial charge is 0.668 e. The molecule has 0 N–H and O–H groups in total. The molecule has 3 nitrogen and oxygen atoms in total. The second kappa shape index (κ2) is 21.5. The van der Waals surface area contributed by atoms with Crippen molar-refractivity contribution in [1.29, 1.82) is 0 Å². The SMILES string of the molecule is CC(C)(C)CC1=[C-]CC=C1.C[N-]C.C[N-]C.C[N-]C.[Zr+4]. The van der Waals surface area contributed by atoms with Gasteiger partial charge in [-0.1, -0.05) is 27.2 Å². The van der Waals surface area contributed by atoms with Crippen molar-refractivity contribution < 1.29 is 26.2 Å². The summed E-state index contributed by atoms with van der Waals surface area (Å²) >= 11 is 0. The van der Waals surface area contributed by atoms with Gasteiger partial charge < -0.3 is 16.0 Å². The van der Waals surface area contributed by atoms with Gasteiger partial charge in [-0.15, -0.1) is 6.42 Å². The standard InChI is InChI=1S/C10H15.3C2H6N.Zr/c1-10(2,3)8-9-6-4-5-7-9;3*1-3-2;/h4,6H,5,8H2,1-3H3;3*1-2H3;/q4*-1;+4. The summed E-state index contributed by atoms with van der Waals surface area (Å²) in [6.07, 6.45) is 9.85. The van der Waals surface area contributed by atoms with E-state index in [4.69, 9.17) is 0 Å². The quantitative estimate of drug-likeness (QED) is 0.594. The predicted molar refractivity (Wildman–Crippen MR) is 90.2 cm³/mol. The second-order valence-corrected chi connectivity index (χ2v) is 5.39. The van der Waals surface area contributed by atoms with Gasteiger partial charge in [-0.25, -0.2) is 11.6 Å². The summed E-state index contributed by atoms with van der Waals surface area (Å²) < 4.78 is 0. The van der Waals surface area contributed by atoms with Crippen molar-refractivity contribution in [2.75, 3.05) is 42.3 Å². The van der Waals surface area contributed by atoms with E-state index in [2.05, 4.69) is 54.9 Å². The Bertz CT molecular complexity index is 213. The summed E-state index contributed by atoms with van der Waals surface area (Å²) in [5.41, 5.74) is 1.80. The third kappa shape index (κ3) is 36.2. The van der Waals surface area contributed by atoms with Gasteiger partial charge in [0.15, 0.2) is 0 Å². The Balaban J connectivity index is -0.000000108. The zero-order valence-electron chi connectivity index (χ0n) is 14.9. The van der Waals surface area contributed by atoms with Crippen LogP contribution in [-0.4, -0.2) is 42.3 Å². The molecule has 0 bridgehead atoms. The van der Waals surface area contributed by atoms with Gasteiger partial charge in [0.2, 0.25) is 0 Å². The van der Waals surface area contributed by atoms with Crippen molar-refractivity contribution in [2.45, 2.75) is 33.6 Å². The minimum absolute atomic E-state index is 0. The normalized spacial score (nSPS) is 11.6. The summed E-state index contributed by atoms with van der Waals surface area (Å²) in [5.74, 6) is 0. The van der Waals surface area contributed by atoms with Crippen molar-refractivity contribution in [3.63, 3.8) is 0 Å². The van der Waals surface area contributed by atoms with E-state index in [9.17, 15) is 0 Å². The monoisotopic (exact) mass is 357 g/mol. The van der Waals surface area contributed by atoms with Crippen LogP contribution in [0.5, 0.6) is 0 Å². The van der Waals surface area contributed by atoms with E-state index in [1.807, 2.05) is 0 Å². The average molecular weight is 359 g/mol. The van der Waals surface area contributed by atoms with Crippen molar-refractivity contribution >= 4 is 0 Å². The Morgan fingerprint density at radius 1 is 0.950 bits per heavy atom. The molecular weight excluding hydrogens is 325 g/mol. The third-order valence-electron chi connectivity index (χ3n) is 1.49. The Morgan fingerprint density at radius 3 is 1.50 bits per heavy atom. The van der Waals surface area contributed by atoms with E-state index in [-0.39, 0.29) is 26.2 Å². The van der Waals surface area contributed by atoms with Gasteiger partial charge in [0.05, 0.1) is 0 Å². The predicted octanol–water partition coefficient (Wildman–Crippen LogP) is 4.97. The number of allylic oxidation sites excluding steroid dienone is 4. The molecule has 1 aliphatic rings. The van der Waals surface area contributed by atoms with E-state index >= 15 is 0 Å². The van der Waals surface area contributed by atoms with Gasteiger partial charge in [0, 0.05) is 0 Å². The van der Waals surface area contributed by atoms with Crippen LogP contribution in [0.15, 0.2) is 17.7 Å². The molecule has 0 unspecified atom stereocenters. The largest absolute Gasteiger partial charge is 4.00 e. The summed E-state index contributed by atoms with van der Waals surface area (Å²) in [4.78, 5) is 0. The number of hydrogen-bond acceptors (Lipinski definition) is 0. The van der Waals surface area contributed by atoms with Gasteiger partial charge in [-0.2, -0.15) is 48.4 Å². The van der Waals surface area contributed by atoms with Crippen molar-refractivity contribution in [3.05, 3.63) is 39.8 Å². The number of rotatable bonds is 1. The molecule has 1 rings (SSSR count). The Kier molecular flexibility index (Phi) is 30.6. The molecule has 0 saturated carbocycles. The van der Waals surface area contributed by atoms with Crippen molar-refractivity contribution in [3.8, 4) is 0 Å². The Hall–Kier alpha value is 0.243. The zero-order chi connectivity index (χ0) is 15.7. The van der Waals surface area contributed by atoms with Crippen molar-refractivity contribution in [1.82, 2.24) is 0 Å². The Morgan fingerprint density at radius 2 is 1.30 bits per heavy atom. The first-order valence-electron chi connectivity index (χ1n) is 6.52. The average Bonchev–Trinajstić information content (AvgIpc) is 2.71. The Labute approximate surface area is 147 Å². The first-order chi connectivity index (χ1) is 8.82. The van der Waals surface area contributed by atoms with Gasteiger partial charge in [-0.05, 0) is 5.41 Å². The van der Waals surface area contributed by atoms with Gasteiger partial charge >= 0.3 is 26.2 Å². The van der Waals surface area contributed by atoms with Crippen LogP contribution in [0.3, 0.4) is 0 Å². The van der Waals surface area contributed by atoms with E-state index in [1.54, 1.807) is 42.3 Å². The third-order valence-corrected chi connectivity index (χ3v) is 1.49. The molecule has 20 heavy (non-hydrogen) atoms. The summed E-state index contributed by atoms with van der Waals surface area (Å²) in [6, 6.07) is 0. The first-order valence-corrected chi connectivity index (χ1v) is 6.52. The van der Waals surface area contributed by atoms with Crippen LogP contribution in [0.1, 0.15) is 33.6 Å². The molecule has 116 valence electrons. The molecule has 0 atom stereocenters. The molecule has 0 fully saturated rings. The van der Waals surface area contributed by atoms with Gasteiger partial charge in [0.25, 0.3) is 0 Å². The van der Waals surface area contributed by atoms with Crippen LogP contribution in [0.2, 0.25) is 0 Å². The van der Waals surface area contributed by atoms with E-state index in [0.29, 0.717) is 5.41 Å². The molecule has 0 radical (unpaired) electrons. The summed E-state index contributed by atoms with van der Waals surface area (Å²) in [7, 11) is 10.5. The number of hydrogen-bond donors (Lipinski definition) is 0. The van der Waals surface area contributed by atoms with Crippen LogP contribution in [0.4, 0.5) is 0 Å². The molecule has 0 aromatic carbocycles. The van der Waals surface area contributed by atoms with Crippen LogP contribution in [0.25, 0.3) is 16.0 Å². The molecular formula is C16H33N3Zr. The molecule has 4 heteroatoms. The molecule has 0 aromatic heterocycles. The molecule has 0 heterocycles. The summed E-state index contributed by atoms with van der Waals surface area (Å²) in [6.45, 7) is 6.77. The van der Waals surface area contributed by atoms with Crippen molar-refractivity contribution in [2.24, 2.45) is 5.41 Å². The molecule has 0 saturated heterocycles. The van der Waals surface area contributed by atoms with E-state index < -0.39 is 0 Å². The fourth-order valence-corrected chi connectivity index (χ4v) is 1.14. The fourth-order valence-electron chi connectivity index (χ4n) is 1.14. The van der Waals surface area contributed by atoms with Crippen LogP contribution < -0.4 is 0 Å². The zero-order valence-corrected chi connectivity index (χ0v) is 17.4. The molecule has 0 aromatic rings. The van der Waals surface area contributed by atoms with Crippen LogP contribution in [0, 0.1) is 11.5 Å². The maximum Gasteiger partial charge on any atom is 4.00 e.